The fourth-order valence-electron chi connectivity index (χ4n) is 2.08. The van der Waals surface area contributed by atoms with Gasteiger partial charge in [0.15, 0.2) is 0 Å². The van der Waals surface area contributed by atoms with Crippen LogP contribution in [0.5, 0.6) is 0 Å². The SMILES string of the molecule is O=C(NCCc1ccccc1Cl)NCCc1nccn1C(F)F. The maximum Gasteiger partial charge on any atom is 0.319 e. The van der Waals surface area contributed by atoms with Crippen LogP contribution in [-0.4, -0.2) is 28.7 Å². The molecule has 0 aliphatic rings. The zero-order valence-electron chi connectivity index (χ0n) is 12.3. The van der Waals surface area contributed by atoms with E-state index in [9.17, 15) is 13.6 Å². The second-order valence-electron chi connectivity index (χ2n) is 4.80. The summed E-state index contributed by atoms with van der Waals surface area (Å²) in [6.07, 6.45) is 3.37. The van der Waals surface area contributed by atoms with E-state index in [1.165, 1.54) is 12.4 Å². The van der Waals surface area contributed by atoms with Crippen LogP contribution in [0.3, 0.4) is 0 Å². The number of carbonyl (C=O) groups excluding carboxylic acids is 1. The highest BCUT2D eigenvalue weighted by molar-refractivity contribution is 6.31. The number of urea groups is 1. The lowest BCUT2D eigenvalue weighted by atomic mass is 10.1. The van der Waals surface area contributed by atoms with Crippen LogP contribution in [0.2, 0.25) is 5.02 Å². The number of hydrogen-bond donors (Lipinski definition) is 2. The Morgan fingerprint density at radius 1 is 1.22 bits per heavy atom. The molecule has 0 spiro atoms. The second kappa shape index (κ2) is 8.47. The summed E-state index contributed by atoms with van der Waals surface area (Å²) in [6, 6.07) is 7.06. The van der Waals surface area contributed by atoms with E-state index in [0.717, 1.165) is 10.1 Å². The Hall–Kier alpha value is -2.15. The fourth-order valence-corrected chi connectivity index (χ4v) is 2.31. The molecule has 0 aliphatic carbocycles. The van der Waals surface area contributed by atoms with Crippen molar-refractivity contribution >= 4 is 17.6 Å². The number of rotatable bonds is 7. The van der Waals surface area contributed by atoms with Crippen molar-refractivity contribution in [3.63, 3.8) is 0 Å². The van der Waals surface area contributed by atoms with Crippen LogP contribution in [0.1, 0.15) is 17.9 Å². The van der Waals surface area contributed by atoms with E-state index in [1.54, 1.807) is 6.07 Å². The lowest BCUT2D eigenvalue weighted by Gasteiger charge is -2.09. The average molecular weight is 343 g/mol. The van der Waals surface area contributed by atoms with Crippen LogP contribution in [0.4, 0.5) is 13.6 Å². The molecule has 0 atom stereocenters. The first-order valence-corrected chi connectivity index (χ1v) is 7.50. The topological polar surface area (TPSA) is 59.0 Å². The number of nitrogens with one attached hydrogen (secondary N) is 2. The lowest BCUT2D eigenvalue weighted by molar-refractivity contribution is 0.0670. The van der Waals surface area contributed by atoms with Gasteiger partial charge in [-0.3, -0.25) is 4.57 Å². The zero-order chi connectivity index (χ0) is 16.7. The van der Waals surface area contributed by atoms with Gasteiger partial charge in [0.1, 0.15) is 5.82 Å². The molecule has 0 fully saturated rings. The first-order valence-electron chi connectivity index (χ1n) is 7.13. The van der Waals surface area contributed by atoms with Gasteiger partial charge in [-0.2, -0.15) is 8.78 Å². The van der Waals surface area contributed by atoms with Gasteiger partial charge in [0, 0.05) is 36.9 Å². The molecule has 5 nitrogen and oxygen atoms in total. The normalized spacial score (nSPS) is 10.8. The molecule has 2 N–H and O–H groups in total. The van der Waals surface area contributed by atoms with Gasteiger partial charge >= 0.3 is 12.6 Å². The molecule has 0 saturated heterocycles. The lowest BCUT2D eigenvalue weighted by Crippen LogP contribution is -2.37. The summed E-state index contributed by atoms with van der Waals surface area (Å²) in [4.78, 5) is 15.5. The first kappa shape index (κ1) is 17.2. The van der Waals surface area contributed by atoms with Crippen LogP contribution in [0.15, 0.2) is 36.7 Å². The van der Waals surface area contributed by atoms with Crippen LogP contribution in [0.25, 0.3) is 0 Å². The predicted molar refractivity (Wildman–Crippen MR) is 83.7 cm³/mol. The standard InChI is InChI=1S/C15H17ClF2N4O/c16-12-4-2-1-3-11(12)5-7-20-15(23)21-8-6-13-19-9-10-22(13)14(17)18/h1-4,9-10,14H,5-8H2,(H2,20,21,23). The van der Waals surface area contributed by atoms with Gasteiger partial charge in [0.2, 0.25) is 0 Å². The number of nitrogens with zero attached hydrogens (tertiary/aromatic N) is 2. The van der Waals surface area contributed by atoms with Crippen molar-refractivity contribution in [2.75, 3.05) is 13.1 Å². The summed E-state index contributed by atoms with van der Waals surface area (Å²) in [5.74, 6) is 0.233. The van der Waals surface area contributed by atoms with Gasteiger partial charge in [-0.05, 0) is 18.1 Å². The van der Waals surface area contributed by atoms with E-state index >= 15 is 0 Å². The molecule has 2 amide bonds. The molecular formula is C15H17ClF2N4O. The molecule has 0 bridgehead atoms. The molecule has 1 aromatic heterocycles. The van der Waals surface area contributed by atoms with E-state index in [1.807, 2.05) is 18.2 Å². The highest BCUT2D eigenvalue weighted by atomic mass is 35.5. The summed E-state index contributed by atoms with van der Waals surface area (Å²) < 4.78 is 26.0. The van der Waals surface area contributed by atoms with Gasteiger partial charge in [-0.25, -0.2) is 9.78 Å². The van der Waals surface area contributed by atoms with Crippen LogP contribution >= 0.6 is 11.6 Å². The van der Waals surface area contributed by atoms with Crippen LogP contribution < -0.4 is 10.6 Å². The Bertz CT molecular complexity index is 648. The summed E-state index contributed by atoms with van der Waals surface area (Å²) in [7, 11) is 0. The van der Waals surface area contributed by atoms with Crippen molar-refractivity contribution in [3.8, 4) is 0 Å². The Labute approximate surface area is 137 Å². The third-order valence-corrected chi connectivity index (χ3v) is 3.60. The Kier molecular flexibility index (Phi) is 6.34. The molecule has 23 heavy (non-hydrogen) atoms. The molecule has 0 aliphatic heterocycles. The van der Waals surface area contributed by atoms with Crippen molar-refractivity contribution < 1.29 is 13.6 Å². The fraction of sp³-hybridized carbons (Fsp3) is 0.333. The third-order valence-electron chi connectivity index (χ3n) is 3.23. The van der Waals surface area contributed by atoms with Crippen LogP contribution in [-0.2, 0) is 12.8 Å². The molecular weight excluding hydrogens is 326 g/mol. The summed E-state index contributed by atoms with van der Waals surface area (Å²) in [5.41, 5.74) is 0.952. The highest BCUT2D eigenvalue weighted by Gasteiger charge is 2.11. The molecule has 124 valence electrons. The number of imidazole rings is 1. The maximum absolute atomic E-state index is 12.6. The maximum atomic E-state index is 12.6. The van der Waals surface area contributed by atoms with Gasteiger partial charge < -0.3 is 10.6 Å². The van der Waals surface area contributed by atoms with Crippen LogP contribution in [0, 0.1) is 0 Å². The minimum atomic E-state index is -2.63. The van der Waals surface area contributed by atoms with Gasteiger partial charge in [0.25, 0.3) is 0 Å². The van der Waals surface area contributed by atoms with E-state index in [-0.39, 0.29) is 24.8 Å². The molecule has 8 heteroatoms. The molecule has 0 unspecified atom stereocenters. The van der Waals surface area contributed by atoms with Crippen molar-refractivity contribution in [1.29, 1.82) is 0 Å². The zero-order valence-corrected chi connectivity index (χ0v) is 13.1. The van der Waals surface area contributed by atoms with Gasteiger partial charge in [-0.15, -0.1) is 0 Å². The van der Waals surface area contributed by atoms with E-state index in [0.29, 0.717) is 18.0 Å². The minimum Gasteiger partial charge on any atom is -0.338 e. The quantitative estimate of drug-likeness (QED) is 0.812. The summed E-state index contributed by atoms with van der Waals surface area (Å²) >= 11 is 6.02. The molecule has 0 saturated carbocycles. The number of aromatic nitrogens is 2. The third kappa shape index (κ3) is 5.21. The number of carbonyl (C=O) groups is 1. The number of hydrogen-bond acceptors (Lipinski definition) is 2. The number of amides is 2. The second-order valence-corrected chi connectivity index (χ2v) is 5.21. The van der Waals surface area contributed by atoms with Crippen molar-refractivity contribution in [2.24, 2.45) is 0 Å². The molecule has 1 aromatic carbocycles. The van der Waals surface area contributed by atoms with E-state index < -0.39 is 6.55 Å². The highest BCUT2D eigenvalue weighted by Crippen LogP contribution is 2.14. The summed E-state index contributed by atoms with van der Waals surface area (Å²) in [6.45, 7) is -1.97. The molecule has 1 heterocycles. The Morgan fingerprint density at radius 2 is 1.91 bits per heavy atom. The molecule has 0 radical (unpaired) electrons. The smallest absolute Gasteiger partial charge is 0.319 e. The summed E-state index contributed by atoms with van der Waals surface area (Å²) in [5, 5.41) is 5.96. The van der Waals surface area contributed by atoms with E-state index in [4.69, 9.17) is 11.6 Å². The van der Waals surface area contributed by atoms with E-state index in [2.05, 4.69) is 15.6 Å². The minimum absolute atomic E-state index is 0.224. The van der Waals surface area contributed by atoms with Gasteiger partial charge in [-0.1, -0.05) is 29.8 Å². The number of halogens is 3. The molecule has 2 rings (SSSR count). The Balaban J connectivity index is 1.67. The van der Waals surface area contributed by atoms with Crippen molar-refractivity contribution in [1.82, 2.24) is 20.2 Å². The number of alkyl halides is 2. The van der Waals surface area contributed by atoms with Crippen molar-refractivity contribution in [2.45, 2.75) is 19.4 Å². The largest absolute Gasteiger partial charge is 0.338 e. The molecule has 2 aromatic rings. The predicted octanol–water partition coefficient (Wildman–Crippen LogP) is 3.02. The van der Waals surface area contributed by atoms with Gasteiger partial charge in [0.05, 0.1) is 0 Å². The first-order chi connectivity index (χ1) is 11.1. The Morgan fingerprint density at radius 3 is 2.61 bits per heavy atom. The average Bonchev–Trinajstić information content (AvgIpc) is 2.98. The number of benzene rings is 1. The van der Waals surface area contributed by atoms with Crippen molar-refractivity contribution in [3.05, 3.63) is 53.1 Å². The monoisotopic (exact) mass is 342 g/mol.